The van der Waals surface area contributed by atoms with Crippen LogP contribution in [0.5, 0.6) is 0 Å². The molecule has 1 N–H and O–H groups in total. The minimum Gasteiger partial charge on any atom is -0.377 e. The highest BCUT2D eigenvalue weighted by Crippen LogP contribution is 2.22. The minimum absolute atomic E-state index is 0.611. The molecule has 0 radical (unpaired) electrons. The van der Waals surface area contributed by atoms with Crippen LogP contribution in [-0.4, -0.2) is 14.8 Å². The molecule has 4 nitrogen and oxygen atoms in total. The number of benzene rings is 1. The van der Waals surface area contributed by atoms with Gasteiger partial charge in [-0.1, -0.05) is 17.7 Å². The van der Waals surface area contributed by atoms with E-state index in [0.29, 0.717) is 11.6 Å². The summed E-state index contributed by atoms with van der Waals surface area (Å²) in [7, 11) is 1.91. The third-order valence-electron chi connectivity index (χ3n) is 2.36. The minimum atomic E-state index is 0.611. The lowest BCUT2D eigenvalue weighted by molar-refractivity contribution is 0.812. The number of aromatic nitrogens is 3. The average Bonchev–Trinajstić information content (AvgIpc) is 2.66. The Morgan fingerprint density at radius 1 is 1.44 bits per heavy atom. The monoisotopic (exact) mass is 236 g/mol. The van der Waals surface area contributed by atoms with Crippen molar-refractivity contribution in [1.82, 2.24) is 14.8 Å². The fraction of sp³-hybridized carbons (Fsp3) is 0.273. The summed E-state index contributed by atoms with van der Waals surface area (Å²) in [5.74, 6) is 0.873. The van der Waals surface area contributed by atoms with Crippen molar-refractivity contribution in [2.24, 2.45) is 7.05 Å². The van der Waals surface area contributed by atoms with E-state index in [4.69, 9.17) is 11.6 Å². The van der Waals surface area contributed by atoms with E-state index in [-0.39, 0.29) is 0 Å². The summed E-state index contributed by atoms with van der Waals surface area (Å²) in [6, 6.07) is 5.88. The first-order valence-electron chi connectivity index (χ1n) is 4.99. The standard InChI is InChI=1S/C11H13ClN4/c1-8-3-4-9(12)10(5-8)13-6-11-15-14-7-16(11)2/h3-5,7,13H,6H2,1-2H3. The second-order valence-electron chi connectivity index (χ2n) is 3.69. The molecule has 0 unspecified atom stereocenters. The molecule has 0 amide bonds. The Morgan fingerprint density at radius 2 is 2.25 bits per heavy atom. The van der Waals surface area contributed by atoms with Gasteiger partial charge in [0.2, 0.25) is 0 Å². The number of rotatable bonds is 3. The third kappa shape index (κ3) is 2.33. The lowest BCUT2D eigenvalue weighted by atomic mass is 10.2. The molecule has 2 rings (SSSR count). The van der Waals surface area contributed by atoms with Gasteiger partial charge in [-0.3, -0.25) is 0 Å². The number of nitrogens with zero attached hydrogens (tertiary/aromatic N) is 3. The molecular formula is C11H13ClN4. The zero-order valence-electron chi connectivity index (χ0n) is 9.24. The summed E-state index contributed by atoms with van der Waals surface area (Å²) in [5.41, 5.74) is 2.09. The summed E-state index contributed by atoms with van der Waals surface area (Å²) >= 11 is 6.07. The van der Waals surface area contributed by atoms with Gasteiger partial charge >= 0.3 is 0 Å². The van der Waals surface area contributed by atoms with Crippen LogP contribution in [0.15, 0.2) is 24.5 Å². The topological polar surface area (TPSA) is 42.7 Å². The molecule has 2 aromatic rings. The maximum Gasteiger partial charge on any atom is 0.151 e. The molecule has 0 spiro atoms. The van der Waals surface area contributed by atoms with Crippen molar-refractivity contribution < 1.29 is 0 Å². The average molecular weight is 237 g/mol. The van der Waals surface area contributed by atoms with Crippen molar-refractivity contribution in [3.8, 4) is 0 Å². The van der Waals surface area contributed by atoms with Crippen LogP contribution in [0, 0.1) is 6.92 Å². The quantitative estimate of drug-likeness (QED) is 0.890. The van der Waals surface area contributed by atoms with E-state index in [2.05, 4.69) is 15.5 Å². The molecule has 0 aliphatic rings. The van der Waals surface area contributed by atoms with Gasteiger partial charge in [0, 0.05) is 7.05 Å². The van der Waals surface area contributed by atoms with Crippen LogP contribution in [0.25, 0.3) is 0 Å². The molecule has 0 atom stereocenters. The Morgan fingerprint density at radius 3 is 2.94 bits per heavy atom. The van der Waals surface area contributed by atoms with Crippen molar-refractivity contribution in [2.75, 3.05) is 5.32 Å². The third-order valence-corrected chi connectivity index (χ3v) is 2.69. The van der Waals surface area contributed by atoms with E-state index in [0.717, 1.165) is 11.5 Å². The smallest absolute Gasteiger partial charge is 0.151 e. The largest absolute Gasteiger partial charge is 0.377 e. The molecule has 5 heteroatoms. The molecule has 0 saturated heterocycles. The van der Waals surface area contributed by atoms with Crippen molar-refractivity contribution in [2.45, 2.75) is 13.5 Å². The summed E-state index contributed by atoms with van der Waals surface area (Å²) in [4.78, 5) is 0. The highest BCUT2D eigenvalue weighted by molar-refractivity contribution is 6.33. The zero-order valence-corrected chi connectivity index (χ0v) is 9.99. The van der Waals surface area contributed by atoms with Crippen LogP contribution >= 0.6 is 11.6 Å². The molecule has 0 saturated carbocycles. The normalized spacial score (nSPS) is 10.4. The highest BCUT2D eigenvalue weighted by Gasteiger charge is 2.03. The lowest BCUT2D eigenvalue weighted by Gasteiger charge is -2.08. The van der Waals surface area contributed by atoms with E-state index in [1.165, 1.54) is 5.56 Å². The summed E-state index contributed by atoms with van der Waals surface area (Å²) in [6.07, 6.45) is 1.68. The van der Waals surface area contributed by atoms with Gasteiger partial charge in [-0.05, 0) is 24.6 Å². The van der Waals surface area contributed by atoms with Gasteiger partial charge in [0.05, 0.1) is 17.3 Å². The van der Waals surface area contributed by atoms with Crippen LogP contribution in [0.4, 0.5) is 5.69 Å². The molecule has 1 aromatic heterocycles. The van der Waals surface area contributed by atoms with Gasteiger partial charge in [-0.2, -0.15) is 0 Å². The maximum atomic E-state index is 6.07. The number of nitrogens with one attached hydrogen (secondary N) is 1. The summed E-state index contributed by atoms with van der Waals surface area (Å²) in [6.45, 7) is 2.64. The number of anilines is 1. The molecule has 0 aliphatic carbocycles. The second kappa shape index (κ2) is 4.53. The molecule has 0 fully saturated rings. The Labute approximate surface area is 99.3 Å². The summed E-state index contributed by atoms with van der Waals surface area (Å²) in [5, 5.41) is 11.8. The Balaban J connectivity index is 2.10. The van der Waals surface area contributed by atoms with Gasteiger partial charge in [-0.25, -0.2) is 0 Å². The van der Waals surface area contributed by atoms with E-state index in [9.17, 15) is 0 Å². The molecule has 16 heavy (non-hydrogen) atoms. The Hall–Kier alpha value is -1.55. The van der Waals surface area contributed by atoms with E-state index in [1.807, 2.05) is 36.7 Å². The fourth-order valence-corrected chi connectivity index (χ4v) is 1.60. The molecular weight excluding hydrogens is 224 g/mol. The van der Waals surface area contributed by atoms with Gasteiger partial charge in [-0.15, -0.1) is 10.2 Å². The van der Waals surface area contributed by atoms with E-state index < -0.39 is 0 Å². The van der Waals surface area contributed by atoms with Crippen molar-refractivity contribution >= 4 is 17.3 Å². The van der Waals surface area contributed by atoms with Crippen molar-refractivity contribution in [3.63, 3.8) is 0 Å². The maximum absolute atomic E-state index is 6.07. The van der Waals surface area contributed by atoms with Crippen LogP contribution < -0.4 is 5.32 Å². The molecule has 84 valence electrons. The molecule has 1 heterocycles. The van der Waals surface area contributed by atoms with Crippen LogP contribution in [0.2, 0.25) is 5.02 Å². The van der Waals surface area contributed by atoms with E-state index >= 15 is 0 Å². The first kappa shape index (κ1) is 11.0. The number of hydrogen-bond acceptors (Lipinski definition) is 3. The van der Waals surface area contributed by atoms with Crippen LogP contribution in [0.1, 0.15) is 11.4 Å². The van der Waals surface area contributed by atoms with Gasteiger partial charge in [0.1, 0.15) is 6.33 Å². The van der Waals surface area contributed by atoms with Gasteiger partial charge in [0.15, 0.2) is 5.82 Å². The first-order chi connectivity index (χ1) is 7.66. The Kier molecular flexibility index (Phi) is 3.10. The van der Waals surface area contributed by atoms with Crippen molar-refractivity contribution in [1.29, 1.82) is 0 Å². The predicted molar refractivity (Wildman–Crippen MR) is 64.5 cm³/mol. The van der Waals surface area contributed by atoms with E-state index in [1.54, 1.807) is 6.33 Å². The number of halogens is 1. The second-order valence-corrected chi connectivity index (χ2v) is 4.10. The lowest BCUT2D eigenvalue weighted by Crippen LogP contribution is -2.06. The molecule has 0 bridgehead atoms. The molecule has 1 aromatic carbocycles. The first-order valence-corrected chi connectivity index (χ1v) is 5.37. The fourth-order valence-electron chi connectivity index (χ4n) is 1.42. The zero-order chi connectivity index (χ0) is 11.5. The van der Waals surface area contributed by atoms with Crippen LogP contribution in [-0.2, 0) is 13.6 Å². The van der Waals surface area contributed by atoms with Crippen molar-refractivity contribution in [3.05, 3.63) is 40.9 Å². The molecule has 0 aliphatic heterocycles. The van der Waals surface area contributed by atoms with Gasteiger partial charge in [0.25, 0.3) is 0 Å². The number of aryl methyl sites for hydroxylation is 2. The predicted octanol–water partition coefficient (Wildman–Crippen LogP) is 2.39. The SMILES string of the molecule is Cc1ccc(Cl)c(NCc2nncn2C)c1. The Bertz CT molecular complexity index is 492. The number of hydrogen-bond donors (Lipinski definition) is 1. The summed E-state index contributed by atoms with van der Waals surface area (Å²) < 4.78 is 1.87. The van der Waals surface area contributed by atoms with Gasteiger partial charge < -0.3 is 9.88 Å². The highest BCUT2D eigenvalue weighted by atomic mass is 35.5. The van der Waals surface area contributed by atoms with Crippen LogP contribution in [0.3, 0.4) is 0 Å².